The number of benzene rings is 2. The van der Waals surface area contributed by atoms with Crippen LogP contribution in [0.5, 0.6) is 5.75 Å². The third-order valence-corrected chi connectivity index (χ3v) is 5.69. The molecule has 2 heterocycles. The van der Waals surface area contributed by atoms with E-state index in [0.29, 0.717) is 30.0 Å². The number of hydrogen-bond acceptors (Lipinski definition) is 4. The molecule has 0 bridgehead atoms. The van der Waals surface area contributed by atoms with Gasteiger partial charge >= 0.3 is 0 Å². The Morgan fingerprint density at radius 2 is 1.74 bits per heavy atom. The smallest absolute Gasteiger partial charge is 0.291 e. The Morgan fingerprint density at radius 3 is 2.37 bits per heavy atom. The van der Waals surface area contributed by atoms with Crippen molar-refractivity contribution in [2.24, 2.45) is 0 Å². The van der Waals surface area contributed by atoms with Gasteiger partial charge in [0.2, 0.25) is 0 Å². The second-order valence-corrected chi connectivity index (χ2v) is 7.30. The van der Waals surface area contributed by atoms with Crippen molar-refractivity contribution in [3.8, 4) is 16.9 Å². The van der Waals surface area contributed by atoms with Crippen LogP contribution in [0.25, 0.3) is 11.1 Å². The summed E-state index contributed by atoms with van der Waals surface area (Å²) in [5.41, 5.74) is 1.24. The van der Waals surface area contributed by atoms with Crippen LogP contribution >= 0.6 is 0 Å². The van der Waals surface area contributed by atoms with E-state index in [9.17, 15) is 9.90 Å². The van der Waals surface area contributed by atoms with Gasteiger partial charge in [-0.3, -0.25) is 9.69 Å². The summed E-state index contributed by atoms with van der Waals surface area (Å²) in [7, 11) is 0. The molecule has 4 nitrogen and oxygen atoms in total. The fourth-order valence-corrected chi connectivity index (χ4v) is 3.96. The topological polar surface area (TPSA) is 49.8 Å². The molecule has 2 aromatic carbocycles. The molecule has 0 aromatic heterocycles. The molecule has 2 aromatic rings. The number of ether oxygens (including phenoxy) is 1. The number of likely N-dealkylation sites (tertiary alicyclic amines) is 1. The Bertz CT molecular complexity index is 843. The van der Waals surface area contributed by atoms with E-state index in [4.69, 9.17) is 4.74 Å². The van der Waals surface area contributed by atoms with Gasteiger partial charge in [0.05, 0.1) is 6.73 Å². The number of hydrogen-bond donors (Lipinski definition) is 1. The zero-order valence-corrected chi connectivity index (χ0v) is 14.8. The van der Waals surface area contributed by atoms with Gasteiger partial charge in [-0.1, -0.05) is 30.3 Å². The van der Waals surface area contributed by atoms with E-state index in [1.165, 1.54) is 0 Å². The number of nitrogens with zero attached hydrogens (tertiary/aromatic N) is 1. The number of fused-ring (bicyclic) bond motifs is 1. The summed E-state index contributed by atoms with van der Waals surface area (Å²) in [5, 5.41) is 9.22. The van der Waals surface area contributed by atoms with Crippen molar-refractivity contribution in [2.45, 2.75) is 30.8 Å². The number of alkyl halides is 2. The predicted molar refractivity (Wildman–Crippen MR) is 97.2 cm³/mol. The molecular formula is C21H21F2NO3. The molecule has 1 spiro atoms. The van der Waals surface area contributed by atoms with Crippen LogP contribution in [0.15, 0.2) is 42.5 Å². The number of aldehydes is 1. The summed E-state index contributed by atoms with van der Waals surface area (Å²) >= 11 is 0. The van der Waals surface area contributed by atoms with Gasteiger partial charge in [0, 0.05) is 43.5 Å². The highest BCUT2D eigenvalue weighted by atomic mass is 19.3. The summed E-state index contributed by atoms with van der Waals surface area (Å²) in [5.74, 6) is -2.46. The van der Waals surface area contributed by atoms with Crippen LogP contribution in [0.1, 0.15) is 28.8 Å². The maximum Gasteiger partial charge on any atom is 0.291 e. The molecule has 27 heavy (non-hydrogen) atoms. The van der Waals surface area contributed by atoms with Gasteiger partial charge in [0.25, 0.3) is 5.92 Å². The third kappa shape index (κ3) is 3.13. The monoisotopic (exact) mass is 373 g/mol. The van der Waals surface area contributed by atoms with Crippen molar-refractivity contribution < 1.29 is 23.4 Å². The molecule has 1 fully saturated rings. The minimum Gasteiger partial charge on any atom is -0.481 e. The quantitative estimate of drug-likeness (QED) is 0.837. The highest BCUT2D eigenvalue weighted by Gasteiger charge is 2.59. The zero-order chi connectivity index (χ0) is 19.1. The lowest BCUT2D eigenvalue weighted by Gasteiger charge is -2.48. The van der Waals surface area contributed by atoms with E-state index in [2.05, 4.69) is 0 Å². The van der Waals surface area contributed by atoms with Gasteiger partial charge in [-0.15, -0.1) is 0 Å². The fraction of sp³-hybridized carbons (Fsp3) is 0.381. The maximum atomic E-state index is 15.0. The third-order valence-electron chi connectivity index (χ3n) is 5.69. The van der Waals surface area contributed by atoms with Crippen LogP contribution in [-0.2, 0) is 6.42 Å². The van der Waals surface area contributed by atoms with Gasteiger partial charge < -0.3 is 9.84 Å². The summed E-state index contributed by atoms with van der Waals surface area (Å²) < 4.78 is 36.0. The summed E-state index contributed by atoms with van der Waals surface area (Å²) in [6, 6.07) is 12.4. The first kappa shape index (κ1) is 18.1. The number of aliphatic hydroxyl groups excluding tert-OH is 1. The lowest BCUT2D eigenvalue weighted by Crippen LogP contribution is -2.61. The average Bonchev–Trinajstić information content (AvgIpc) is 2.69. The molecule has 0 radical (unpaired) electrons. The number of rotatable bonds is 3. The van der Waals surface area contributed by atoms with Crippen LogP contribution in [0.4, 0.5) is 8.78 Å². The molecule has 142 valence electrons. The van der Waals surface area contributed by atoms with Crippen molar-refractivity contribution >= 4 is 6.29 Å². The van der Waals surface area contributed by atoms with Gasteiger partial charge in [0.1, 0.15) is 12.0 Å². The van der Waals surface area contributed by atoms with Crippen molar-refractivity contribution in [1.82, 2.24) is 4.90 Å². The van der Waals surface area contributed by atoms with E-state index in [-0.39, 0.29) is 26.0 Å². The standard InChI is InChI=1S/C21H21F2NO3/c22-21(23)12-18-11-17(16-3-1-15(13-25)2-4-16)5-6-19(18)27-20(21)7-9-24(14-26)10-8-20/h1-6,11,13,26H,7-10,12,14H2. The Hall–Kier alpha value is -2.31. The Labute approximate surface area is 156 Å². The molecule has 4 rings (SSSR count). The molecule has 1 N–H and O–H groups in total. The number of aliphatic hydroxyl groups is 1. The van der Waals surface area contributed by atoms with Crippen LogP contribution in [-0.4, -0.2) is 47.6 Å². The van der Waals surface area contributed by atoms with Crippen molar-refractivity contribution in [3.05, 3.63) is 53.6 Å². The van der Waals surface area contributed by atoms with Crippen LogP contribution in [0, 0.1) is 0 Å². The molecular weight excluding hydrogens is 352 g/mol. The van der Waals surface area contributed by atoms with Crippen molar-refractivity contribution in [1.29, 1.82) is 0 Å². The molecule has 0 saturated carbocycles. The lowest BCUT2D eigenvalue weighted by atomic mass is 9.79. The van der Waals surface area contributed by atoms with Gasteiger partial charge in [0.15, 0.2) is 5.60 Å². The molecule has 2 aliphatic rings. The first-order chi connectivity index (χ1) is 13.0. The van der Waals surface area contributed by atoms with Crippen molar-refractivity contribution in [3.63, 3.8) is 0 Å². The Kier molecular flexibility index (Phi) is 4.48. The summed E-state index contributed by atoms with van der Waals surface area (Å²) in [4.78, 5) is 12.5. The molecule has 0 aliphatic carbocycles. The van der Waals surface area contributed by atoms with Crippen LogP contribution < -0.4 is 4.74 Å². The van der Waals surface area contributed by atoms with Gasteiger partial charge in [-0.2, -0.15) is 0 Å². The minimum absolute atomic E-state index is 0.121. The van der Waals surface area contributed by atoms with Crippen molar-refractivity contribution in [2.75, 3.05) is 19.8 Å². The highest BCUT2D eigenvalue weighted by molar-refractivity contribution is 5.77. The van der Waals surface area contributed by atoms with E-state index >= 15 is 8.78 Å². The Morgan fingerprint density at radius 1 is 1.07 bits per heavy atom. The van der Waals surface area contributed by atoms with E-state index in [1.807, 2.05) is 6.07 Å². The summed E-state index contributed by atoms with van der Waals surface area (Å²) in [6.07, 6.45) is 0.790. The van der Waals surface area contributed by atoms with Crippen LogP contribution in [0.2, 0.25) is 0 Å². The highest BCUT2D eigenvalue weighted by Crippen LogP contribution is 2.48. The first-order valence-electron chi connectivity index (χ1n) is 9.05. The molecule has 1 saturated heterocycles. The minimum atomic E-state index is -2.97. The second-order valence-electron chi connectivity index (χ2n) is 7.30. The van der Waals surface area contributed by atoms with E-state index in [1.54, 1.807) is 41.3 Å². The van der Waals surface area contributed by atoms with E-state index < -0.39 is 11.5 Å². The van der Waals surface area contributed by atoms with Gasteiger partial charge in [-0.05, 0) is 23.3 Å². The fourth-order valence-electron chi connectivity index (χ4n) is 3.96. The second kappa shape index (κ2) is 6.69. The maximum absolute atomic E-state index is 15.0. The molecule has 2 aliphatic heterocycles. The molecule has 0 unspecified atom stereocenters. The SMILES string of the molecule is O=Cc1ccc(-c2ccc3c(c2)CC(F)(F)C2(CCN(CO)CC2)O3)cc1. The number of piperidine rings is 1. The summed E-state index contributed by atoms with van der Waals surface area (Å²) in [6.45, 7) is 0.662. The first-order valence-corrected chi connectivity index (χ1v) is 9.05. The van der Waals surface area contributed by atoms with Gasteiger partial charge in [-0.25, -0.2) is 8.78 Å². The molecule has 0 amide bonds. The number of carbonyl (C=O) groups excluding carboxylic acids is 1. The van der Waals surface area contributed by atoms with Crippen LogP contribution in [0.3, 0.4) is 0 Å². The normalized spacial score (nSPS) is 20.7. The van der Waals surface area contributed by atoms with E-state index in [0.717, 1.165) is 17.4 Å². The zero-order valence-electron chi connectivity index (χ0n) is 14.8. The Balaban J connectivity index is 1.63. The lowest BCUT2D eigenvalue weighted by molar-refractivity contribution is -0.197. The predicted octanol–water partition coefficient (Wildman–Crippen LogP) is 3.52. The molecule has 0 atom stereocenters. The molecule has 6 heteroatoms. The number of halogens is 2. The average molecular weight is 373 g/mol. The largest absolute Gasteiger partial charge is 0.481 e. The number of carbonyl (C=O) groups is 1.